The summed E-state index contributed by atoms with van der Waals surface area (Å²) in [5.74, 6) is 0. The zero-order valence-corrected chi connectivity index (χ0v) is 8.88. The lowest BCUT2D eigenvalue weighted by molar-refractivity contribution is 0.277. The molecule has 0 amide bonds. The van der Waals surface area contributed by atoms with E-state index in [1.165, 1.54) is 0 Å². The van der Waals surface area contributed by atoms with E-state index in [0.29, 0.717) is 13.2 Å². The van der Waals surface area contributed by atoms with Crippen LogP contribution in [-0.4, -0.2) is 13.2 Å². The normalized spacial score (nSPS) is 10.7. The smallest absolute Gasteiger partial charge is 0.205 e. The van der Waals surface area contributed by atoms with Crippen molar-refractivity contribution >= 4 is 13.7 Å². The Morgan fingerprint density at radius 3 is 2.46 bits per heavy atom. The van der Waals surface area contributed by atoms with E-state index in [4.69, 9.17) is 9.05 Å². The van der Waals surface area contributed by atoms with Gasteiger partial charge >= 0.3 is 0 Å². The first-order valence-electron chi connectivity index (χ1n) is 4.40. The Kier molecular flexibility index (Phi) is 4.99. The van der Waals surface area contributed by atoms with E-state index in [0.717, 1.165) is 5.30 Å². The summed E-state index contributed by atoms with van der Waals surface area (Å²) in [6.07, 6.45) is 0. The SMILES string of the molecule is CCOP(OCC)c1c[c]ccc1. The van der Waals surface area contributed by atoms with Gasteiger partial charge in [0.1, 0.15) is 0 Å². The molecule has 0 spiro atoms. The first kappa shape index (κ1) is 10.6. The molecule has 0 unspecified atom stereocenters. The predicted molar refractivity (Wildman–Crippen MR) is 55.1 cm³/mol. The van der Waals surface area contributed by atoms with Crippen LogP contribution in [0.15, 0.2) is 24.3 Å². The van der Waals surface area contributed by atoms with Gasteiger partial charge in [-0.2, -0.15) is 0 Å². The van der Waals surface area contributed by atoms with Crippen LogP contribution in [0.5, 0.6) is 0 Å². The highest BCUT2D eigenvalue weighted by Gasteiger charge is 2.10. The van der Waals surface area contributed by atoms with Crippen LogP contribution in [0.1, 0.15) is 13.8 Å². The molecule has 71 valence electrons. The Morgan fingerprint density at radius 1 is 1.31 bits per heavy atom. The van der Waals surface area contributed by atoms with Gasteiger partial charge in [0, 0.05) is 5.30 Å². The summed E-state index contributed by atoms with van der Waals surface area (Å²) < 4.78 is 11.0. The monoisotopic (exact) mass is 197 g/mol. The molecule has 1 radical (unpaired) electrons. The van der Waals surface area contributed by atoms with Gasteiger partial charge in [0.05, 0.1) is 13.2 Å². The van der Waals surface area contributed by atoms with Crippen LogP contribution in [0.4, 0.5) is 0 Å². The molecular weight excluding hydrogens is 183 g/mol. The van der Waals surface area contributed by atoms with Gasteiger partial charge in [-0.25, -0.2) is 0 Å². The Labute approximate surface area is 80.8 Å². The molecule has 0 fully saturated rings. The van der Waals surface area contributed by atoms with Crippen molar-refractivity contribution in [1.82, 2.24) is 0 Å². The van der Waals surface area contributed by atoms with Gasteiger partial charge in [-0.3, -0.25) is 0 Å². The number of hydrogen-bond acceptors (Lipinski definition) is 2. The molecule has 1 rings (SSSR count). The van der Waals surface area contributed by atoms with Gasteiger partial charge in [0.2, 0.25) is 8.38 Å². The second-order valence-corrected chi connectivity index (χ2v) is 3.90. The number of rotatable bonds is 5. The molecule has 0 saturated carbocycles. The highest BCUT2D eigenvalue weighted by molar-refractivity contribution is 7.55. The average molecular weight is 197 g/mol. The van der Waals surface area contributed by atoms with Gasteiger partial charge in [-0.1, -0.05) is 12.1 Å². The Bertz CT molecular complexity index is 220. The predicted octanol–water partition coefficient (Wildman–Crippen LogP) is 2.50. The zero-order chi connectivity index (χ0) is 9.52. The maximum Gasteiger partial charge on any atom is 0.205 e. The number of benzene rings is 1. The van der Waals surface area contributed by atoms with Crippen molar-refractivity contribution in [1.29, 1.82) is 0 Å². The fourth-order valence-electron chi connectivity index (χ4n) is 0.918. The topological polar surface area (TPSA) is 18.5 Å². The molecule has 0 heterocycles. The number of hydrogen-bond donors (Lipinski definition) is 0. The van der Waals surface area contributed by atoms with Crippen LogP contribution in [0.2, 0.25) is 0 Å². The minimum atomic E-state index is -0.887. The van der Waals surface area contributed by atoms with Crippen LogP contribution in [0.3, 0.4) is 0 Å². The van der Waals surface area contributed by atoms with E-state index < -0.39 is 8.38 Å². The van der Waals surface area contributed by atoms with Crippen molar-refractivity contribution in [2.45, 2.75) is 13.8 Å². The van der Waals surface area contributed by atoms with Gasteiger partial charge in [-0.15, -0.1) is 0 Å². The Hall–Kier alpha value is -0.430. The molecule has 0 aliphatic rings. The van der Waals surface area contributed by atoms with Crippen molar-refractivity contribution in [3.8, 4) is 0 Å². The largest absolute Gasteiger partial charge is 0.331 e. The van der Waals surface area contributed by atoms with Gasteiger partial charge in [-0.05, 0) is 32.0 Å². The standard InChI is InChI=1S/C10H14O2P/c1-3-11-13(12-4-2)10-8-6-5-7-9-10/h5-6,8-9H,3-4H2,1-2H3. The summed E-state index contributed by atoms with van der Waals surface area (Å²) in [7, 11) is -0.887. The second-order valence-electron chi connectivity index (χ2n) is 2.35. The van der Waals surface area contributed by atoms with Crippen molar-refractivity contribution in [2.24, 2.45) is 0 Å². The van der Waals surface area contributed by atoms with E-state index >= 15 is 0 Å². The van der Waals surface area contributed by atoms with Crippen molar-refractivity contribution in [3.05, 3.63) is 30.3 Å². The highest BCUT2D eigenvalue weighted by atomic mass is 31.2. The third-order valence-electron chi connectivity index (χ3n) is 1.39. The molecule has 1 aromatic rings. The van der Waals surface area contributed by atoms with Crippen LogP contribution >= 0.6 is 8.38 Å². The van der Waals surface area contributed by atoms with Crippen LogP contribution in [0, 0.1) is 6.07 Å². The third kappa shape index (κ3) is 3.43. The van der Waals surface area contributed by atoms with Crippen molar-refractivity contribution in [3.63, 3.8) is 0 Å². The van der Waals surface area contributed by atoms with Crippen molar-refractivity contribution < 1.29 is 9.05 Å². The third-order valence-corrected chi connectivity index (χ3v) is 3.08. The van der Waals surface area contributed by atoms with E-state index in [9.17, 15) is 0 Å². The van der Waals surface area contributed by atoms with Crippen molar-refractivity contribution in [2.75, 3.05) is 13.2 Å². The van der Waals surface area contributed by atoms with Gasteiger partial charge in [0.15, 0.2) is 0 Å². The van der Waals surface area contributed by atoms with Crippen LogP contribution in [0.25, 0.3) is 0 Å². The van der Waals surface area contributed by atoms with Crippen LogP contribution in [-0.2, 0) is 9.05 Å². The van der Waals surface area contributed by atoms with E-state index in [2.05, 4.69) is 6.07 Å². The zero-order valence-electron chi connectivity index (χ0n) is 7.99. The fourth-order valence-corrected chi connectivity index (χ4v) is 2.15. The molecule has 2 nitrogen and oxygen atoms in total. The summed E-state index contributed by atoms with van der Waals surface area (Å²) >= 11 is 0. The Balaban J connectivity index is 2.64. The van der Waals surface area contributed by atoms with Gasteiger partial charge < -0.3 is 9.05 Å². The molecular formula is C10H14O2P. The summed E-state index contributed by atoms with van der Waals surface area (Å²) in [4.78, 5) is 0. The quantitative estimate of drug-likeness (QED) is 0.675. The maximum atomic E-state index is 5.49. The molecule has 13 heavy (non-hydrogen) atoms. The van der Waals surface area contributed by atoms with Gasteiger partial charge in [0.25, 0.3) is 0 Å². The molecule has 0 N–H and O–H groups in total. The molecule has 0 aliphatic carbocycles. The molecule has 3 heteroatoms. The lowest BCUT2D eigenvalue weighted by Gasteiger charge is -2.15. The molecule has 0 aromatic heterocycles. The summed E-state index contributed by atoms with van der Waals surface area (Å²) in [6, 6.07) is 10.8. The highest BCUT2D eigenvalue weighted by Crippen LogP contribution is 2.36. The first-order valence-corrected chi connectivity index (χ1v) is 5.58. The minimum Gasteiger partial charge on any atom is -0.331 e. The average Bonchev–Trinajstić information content (AvgIpc) is 2.19. The lowest BCUT2D eigenvalue weighted by atomic mass is 10.4. The van der Waals surface area contributed by atoms with Crippen LogP contribution < -0.4 is 5.30 Å². The summed E-state index contributed by atoms with van der Waals surface area (Å²) in [5.41, 5.74) is 0. The second kappa shape index (κ2) is 6.09. The lowest BCUT2D eigenvalue weighted by Crippen LogP contribution is -2.05. The fraction of sp³-hybridized carbons (Fsp3) is 0.400. The molecule has 0 aliphatic heterocycles. The molecule has 0 saturated heterocycles. The maximum absolute atomic E-state index is 5.49. The van der Waals surface area contributed by atoms with E-state index in [-0.39, 0.29) is 0 Å². The first-order chi connectivity index (χ1) is 6.38. The summed E-state index contributed by atoms with van der Waals surface area (Å²) in [6.45, 7) is 5.31. The Morgan fingerprint density at radius 2 is 2.00 bits per heavy atom. The molecule has 1 aromatic carbocycles. The molecule has 0 atom stereocenters. The minimum absolute atomic E-state index is 0.681. The molecule has 0 bridgehead atoms. The van der Waals surface area contributed by atoms with E-state index in [1.807, 2.05) is 38.1 Å². The summed E-state index contributed by atoms with van der Waals surface area (Å²) in [5, 5.41) is 1.08. The van der Waals surface area contributed by atoms with E-state index in [1.54, 1.807) is 0 Å².